The highest BCUT2D eigenvalue weighted by molar-refractivity contribution is 5.47. The van der Waals surface area contributed by atoms with Crippen molar-refractivity contribution in [2.75, 3.05) is 45.3 Å². The standard InChI is InChI=1S/C27H29FN6O2/c1-35-23-13-7-20(8-14-23)19-34-27(29-30-31-34)26(24-5-3-4-6-25(24)36-2)33-17-15-32(16-18-33)22-11-9-21(28)10-12-22/h3-14,26H,15-19H2,1-2H3/t26-/m0/s1. The molecule has 5 rings (SSSR count). The van der Waals surface area contributed by atoms with Gasteiger partial charge in [0.25, 0.3) is 0 Å². The molecule has 0 bridgehead atoms. The smallest absolute Gasteiger partial charge is 0.173 e. The second kappa shape index (κ2) is 10.7. The van der Waals surface area contributed by atoms with E-state index in [1.807, 2.05) is 59.3 Å². The van der Waals surface area contributed by atoms with Crippen LogP contribution in [0, 0.1) is 5.82 Å². The summed E-state index contributed by atoms with van der Waals surface area (Å²) >= 11 is 0. The van der Waals surface area contributed by atoms with E-state index in [0.717, 1.165) is 60.3 Å². The number of para-hydroxylation sites is 1. The van der Waals surface area contributed by atoms with Gasteiger partial charge in [0.15, 0.2) is 5.82 Å². The van der Waals surface area contributed by atoms with Crippen LogP contribution in [0.4, 0.5) is 10.1 Å². The molecule has 1 atom stereocenters. The minimum Gasteiger partial charge on any atom is -0.497 e. The highest BCUT2D eigenvalue weighted by Gasteiger charge is 2.32. The molecule has 9 heteroatoms. The van der Waals surface area contributed by atoms with Crippen LogP contribution in [-0.2, 0) is 6.54 Å². The molecular formula is C27H29FN6O2. The fourth-order valence-electron chi connectivity index (χ4n) is 4.71. The number of tetrazole rings is 1. The molecule has 36 heavy (non-hydrogen) atoms. The molecule has 0 spiro atoms. The predicted octanol–water partition coefficient (Wildman–Crippen LogP) is 3.79. The van der Waals surface area contributed by atoms with E-state index in [-0.39, 0.29) is 11.9 Å². The van der Waals surface area contributed by atoms with Gasteiger partial charge in [-0.15, -0.1) is 5.10 Å². The quantitative estimate of drug-likeness (QED) is 0.374. The van der Waals surface area contributed by atoms with Gasteiger partial charge in [0.05, 0.1) is 20.8 Å². The highest BCUT2D eigenvalue weighted by atomic mass is 19.1. The van der Waals surface area contributed by atoms with E-state index in [4.69, 9.17) is 9.47 Å². The molecule has 186 valence electrons. The molecule has 0 N–H and O–H groups in total. The minimum absolute atomic E-state index is 0.190. The molecular weight excluding hydrogens is 459 g/mol. The van der Waals surface area contributed by atoms with Crippen LogP contribution in [0.5, 0.6) is 11.5 Å². The van der Waals surface area contributed by atoms with Crippen molar-refractivity contribution in [3.63, 3.8) is 0 Å². The maximum Gasteiger partial charge on any atom is 0.173 e. The van der Waals surface area contributed by atoms with E-state index >= 15 is 0 Å². The number of hydrogen-bond donors (Lipinski definition) is 0. The summed E-state index contributed by atoms with van der Waals surface area (Å²) in [6.07, 6.45) is 0. The summed E-state index contributed by atoms with van der Waals surface area (Å²) in [4.78, 5) is 4.66. The molecule has 8 nitrogen and oxygen atoms in total. The molecule has 1 aromatic heterocycles. The third kappa shape index (κ3) is 5.01. The number of rotatable bonds is 8. The minimum atomic E-state index is -0.225. The Labute approximate surface area is 209 Å². The monoisotopic (exact) mass is 488 g/mol. The zero-order valence-corrected chi connectivity index (χ0v) is 20.4. The van der Waals surface area contributed by atoms with Crippen LogP contribution >= 0.6 is 0 Å². The van der Waals surface area contributed by atoms with Crippen molar-refractivity contribution >= 4 is 5.69 Å². The molecule has 0 saturated carbocycles. The predicted molar refractivity (Wildman–Crippen MR) is 135 cm³/mol. The van der Waals surface area contributed by atoms with Crippen molar-refractivity contribution in [3.05, 3.63) is 95.6 Å². The van der Waals surface area contributed by atoms with Gasteiger partial charge in [-0.2, -0.15) is 0 Å². The maximum absolute atomic E-state index is 13.4. The van der Waals surface area contributed by atoms with Crippen LogP contribution in [0.3, 0.4) is 0 Å². The Balaban J connectivity index is 1.44. The molecule has 2 heterocycles. The molecule has 0 radical (unpaired) electrons. The molecule has 1 aliphatic rings. The van der Waals surface area contributed by atoms with E-state index in [0.29, 0.717) is 6.54 Å². The van der Waals surface area contributed by atoms with Gasteiger partial charge in [0.1, 0.15) is 23.4 Å². The Morgan fingerprint density at radius 3 is 2.28 bits per heavy atom. The lowest BCUT2D eigenvalue weighted by atomic mass is 10.0. The SMILES string of the molecule is COc1ccc(Cn2nnnc2[C@H](c2ccccc2OC)N2CCN(c3ccc(F)cc3)CC2)cc1. The molecule has 1 aliphatic heterocycles. The van der Waals surface area contributed by atoms with Crippen LogP contribution in [0.2, 0.25) is 0 Å². The lowest BCUT2D eigenvalue weighted by Crippen LogP contribution is -2.48. The normalized spacial score (nSPS) is 15.0. The van der Waals surface area contributed by atoms with Gasteiger partial charge >= 0.3 is 0 Å². The lowest BCUT2D eigenvalue weighted by Gasteiger charge is -2.40. The Hall–Kier alpha value is -3.98. The number of halogens is 1. The largest absolute Gasteiger partial charge is 0.497 e. The van der Waals surface area contributed by atoms with Gasteiger partial charge in [-0.3, -0.25) is 4.90 Å². The first-order chi connectivity index (χ1) is 17.7. The van der Waals surface area contributed by atoms with Gasteiger partial charge in [0, 0.05) is 37.4 Å². The van der Waals surface area contributed by atoms with Gasteiger partial charge in [-0.1, -0.05) is 30.3 Å². The topological polar surface area (TPSA) is 68.5 Å². The van der Waals surface area contributed by atoms with Crippen molar-refractivity contribution in [2.45, 2.75) is 12.6 Å². The third-order valence-electron chi connectivity index (χ3n) is 6.60. The summed E-state index contributed by atoms with van der Waals surface area (Å²) in [5.41, 5.74) is 3.11. The molecule has 1 saturated heterocycles. The van der Waals surface area contributed by atoms with Crippen LogP contribution in [0.15, 0.2) is 72.8 Å². The number of aromatic nitrogens is 4. The molecule has 0 unspecified atom stereocenters. The van der Waals surface area contributed by atoms with E-state index in [1.54, 1.807) is 14.2 Å². The van der Waals surface area contributed by atoms with Crippen LogP contribution < -0.4 is 14.4 Å². The van der Waals surface area contributed by atoms with E-state index in [2.05, 4.69) is 31.4 Å². The molecule has 3 aromatic carbocycles. The maximum atomic E-state index is 13.4. The first-order valence-corrected chi connectivity index (χ1v) is 11.9. The average molecular weight is 489 g/mol. The second-order valence-corrected chi connectivity index (χ2v) is 8.69. The first-order valence-electron chi connectivity index (χ1n) is 11.9. The lowest BCUT2D eigenvalue weighted by molar-refractivity contribution is 0.198. The summed E-state index contributed by atoms with van der Waals surface area (Å²) in [6.45, 7) is 3.72. The number of hydrogen-bond acceptors (Lipinski definition) is 7. The molecule has 1 fully saturated rings. The number of nitrogens with zero attached hydrogens (tertiary/aromatic N) is 6. The number of benzene rings is 3. The van der Waals surface area contributed by atoms with Crippen LogP contribution in [0.25, 0.3) is 0 Å². The van der Waals surface area contributed by atoms with Gasteiger partial charge < -0.3 is 14.4 Å². The average Bonchev–Trinajstić information content (AvgIpc) is 3.38. The van der Waals surface area contributed by atoms with Crippen molar-refractivity contribution in [3.8, 4) is 11.5 Å². The zero-order valence-electron chi connectivity index (χ0n) is 20.4. The summed E-state index contributed by atoms with van der Waals surface area (Å²) in [6, 6.07) is 22.4. The molecule has 0 aliphatic carbocycles. The van der Waals surface area contributed by atoms with E-state index in [9.17, 15) is 4.39 Å². The fourth-order valence-corrected chi connectivity index (χ4v) is 4.71. The summed E-state index contributed by atoms with van der Waals surface area (Å²) in [5.74, 6) is 2.13. The van der Waals surface area contributed by atoms with Crippen molar-refractivity contribution in [2.24, 2.45) is 0 Å². The number of methoxy groups -OCH3 is 2. The Morgan fingerprint density at radius 2 is 1.58 bits per heavy atom. The first kappa shape index (κ1) is 23.7. The number of anilines is 1. The number of ether oxygens (including phenoxy) is 2. The highest BCUT2D eigenvalue weighted by Crippen LogP contribution is 2.35. The van der Waals surface area contributed by atoms with Crippen LogP contribution in [0.1, 0.15) is 23.0 Å². The zero-order chi connectivity index (χ0) is 24.9. The Bertz CT molecular complexity index is 1270. The second-order valence-electron chi connectivity index (χ2n) is 8.69. The van der Waals surface area contributed by atoms with Gasteiger partial charge in [-0.25, -0.2) is 9.07 Å². The van der Waals surface area contributed by atoms with Crippen molar-refractivity contribution < 1.29 is 13.9 Å². The summed E-state index contributed by atoms with van der Waals surface area (Å²) < 4.78 is 26.3. The van der Waals surface area contributed by atoms with Crippen LogP contribution in [-0.4, -0.2) is 65.5 Å². The Kier molecular flexibility index (Phi) is 7.08. The van der Waals surface area contributed by atoms with Crippen molar-refractivity contribution in [1.29, 1.82) is 0 Å². The fraction of sp³-hybridized carbons (Fsp3) is 0.296. The van der Waals surface area contributed by atoms with E-state index in [1.165, 1.54) is 12.1 Å². The van der Waals surface area contributed by atoms with E-state index < -0.39 is 0 Å². The number of piperazine rings is 1. The van der Waals surface area contributed by atoms with Crippen molar-refractivity contribution in [1.82, 2.24) is 25.1 Å². The summed E-state index contributed by atoms with van der Waals surface area (Å²) in [7, 11) is 3.34. The molecule has 0 amide bonds. The Morgan fingerprint density at radius 1 is 0.861 bits per heavy atom. The van der Waals surface area contributed by atoms with Gasteiger partial charge in [0.2, 0.25) is 0 Å². The third-order valence-corrected chi connectivity index (χ3v) is 6.60. The van der Waals surface area contributed by atoms with Gasteiger partial charge in [-0.05, 0) is 58.5 Å². The summed E-state index contributed by atoms with van der Waals surface area (Å²) in [5, 5.41) is 12.9. The molecule has 4 aromatic rings.